The van der Waals surface area contributed by atoms with Gasteiger partial charge in [0.05, 0.1) is 13.2 Å². The van der Waals surface area contributed by atoms with Crippen LogP contribution >= 0.6 is 19.3 Å². The minimum absolute atomic E-state index is 0.164. The summed E-state index contributed by atoms with van der Waals surface area (Å²) in [4.78, 5) is 14.9. The molecule has 0 aliphatic carbocycles. The van der Waals surface area contributed by atoms with Gasteiger partial charge in [0, 0.05) is 25.4 Å². The third-order valence-electron chi connectivity index (χ3n) is 1.72. The van der Waals surface area contributed by atoms with Gasteiger partial charge in [0.15, 0.2) is 0 Å². The predicted octanol–water partition coefficient (Wildman–Crippen LogP) is 1.33. The van der Waals surface area contributed by atoms with Gasteiger partial charge in [-0.25, -0.2) is 0 Å². The first kappa shape index (κ1) is 10.4. The molecule has 0 spiro atoms. The molecule has 1 rings (SSSR count). The molecule has 0 aromatic heterocycles. The van der Waals surface area contributed by atoms with E-state index >= 15 is 0 Å². The van der Waals surface area contributed by atoms with Crippen molar-refractivity contribution in [2.24, 2.45) is 4.95 Å². The van der Waals surface area contributed by atoms with Crippen molar-refractivity contribution in [1.29, 1.82) is 0 Å². The van der Waals surface area contributed by atoms with E-state index in [-0.39, 0.29) is 7.93 Å². The van der Waals surface area contributed by atoms with Crippen molar-refractivity contribution in [3.05, 3.63) is 4.91 Å². The van der Waals surface area contributed by atoms with Gasteiger partial charge in [0.25, 0.3) is 0 Å². The molecule has 1 fully saturated rings. The molecule has 70 valence electrons. The summed E-state index contributed by atoms with van der Waals surface area (Å²) < 4.78 is 5.21. The third-order valence-corrected chi connectivity index (χ3v) is 3.53. The zero-order valence-electron chi connectivity index (χ0n) is 6.86. The van der Waals surface area contributed by atoms with Crippen LogP contribution in [-0.2, 0) is 4.74 Å². The minimum atomic E-state index is 0.164. The largest absolute Gasteiger partial charge is 0.379 e. The first-order valence-corrected chi connectivity index (χ1v) is 6.58. The molecule has 6 heteroatoms. The zero-order chi connectivity index (χ0) is 8.65. The van der Waals surface area contributed by atoms with Crippen LogP contribution in [0.3, 0.4) is 0 Å². The summed E-state index contributed by atoms with van der Waals surface area (Å²) >= 11 is 1.61. The second kappa shape index (κ2) is 6.78. The van der Waals surface area contributed by atoms with Crippen molar-refractivity contribution in [2.45, 2.75) is 0 Å². The van der Waals surface area contributed by atoms with Crippen molar-refractivity contribution >= 4 is 19.3 Å². The predicted molar refractivity (Wildman–Crippen MR) is 53.8 cm³/mol. The number of hydrogen-bond acceptors (Lipinski definition) is 5. The molecule has 0 amide bonds. The number of nitrogens with zero attached hydrogens (tertiary/aromatic N) is 2. The number of hydrogen-bond donors (Lipinski definition) is 0. The maximum absolute atomic E-state index is 9.76. The lowest BCUT2D eigenvalue weighted by atomic mass is 10.4. The van der Waals surface area contributed by atoms with Crippen LogP contribution in [0.5, 0.6) is 0 Å². The van der Waals surface area contributed by atoms with Crippen LogP contribution in [0, 0.1) is 4.91 Å². The van der Waals surface area contributed by atoms with Crippen LogP contribution in [0.4, 0.5) is 0 Å². The molecule has 0 aromatic carbocycles. The van der Waals surface area contributed by atoms with Gasteiger partial charge in [0.1, 0.15) is 7.93 Å². The van der Waals surface area contributed by atoms with Gasteiger partial charge in [-0.05, 0) is 4.95 Å². The second-order valence-electron chi connectivity index (χ2n) is 2.49. The third kappa shape index (κ3) is 4.36. The molecule has 12 heavy (non-hydrogen) atoms. The first-order chi connectivity index (χ1) is 5.93. The molecule has 0 bridgehead atoms. The molecule has 1 saturated heterocycles. The SMILES string of the molecule is O=NPSCCN1CCOCC1. The Balaban J connectivity index is 1.94. The number of rotatable bonds is 5. The summed E-state index contributed by atoms with van der Waals surface area (Å²) in [5, 5.41) is 0. The molecule has 1 heterocycles. The average molecular weight is 208 g/mol. The lowest BCUT2D eigenvalue weighted by molar-refractivity contribution is 0.0410. The van der Waals surface area contributed by atoms with Crippen LogP contribution in [0.25, 0.3) is 0 Å². The van der Waals surface area contributed by atoms with Gasteiger partial charge >= 0.3 is 0 Å². The highest BCUT2D eigenvalue weighted by Crippen LogP contribution is 2.29. The topological polar surface area (TPSA) is 41.9 Å². The molecule has 1 aliphatic heterocycles. The van der Waals surface area contributed by atoms with Crippen molar-refractivity contribution in [3.63, 3.8) is 0 Å². The van der Waals surface area contributed by atoms with Crippen LogP contribution in [0.15, 0.2) is 4.95 Å². The summed E-state index contributed by atoms with van der Waals surface area (Å²) in [6.07, 6.45) is 0. The highest BCUT2D eigenvalue weighted by atomic mass is 32.7. The Morgan fingerprint density at radius 2 is 2.25 bits per heavy atom. The summed E-state index contributed by atoms with van der Waals surface area (Å²) in [6.45, 7) is 4.80. The molecule has 1 aliphatic rings. The van der Waals surface area contributed by atoms with E-state index in [2.05, 4.69) is 9.85 Å². The van der Waals surface area contributed by atoms with E-state index in [1.54, 1.807) is 11.4 Å². The maximum Gasteiger partial charge on any atom is 0.110 e. The molecule has 0 radical (unpaired) electrons. The van der Waals surface area contributed by atoms with Crippen molar-refractivity contribution < 1.29 is 4.74 Å². The van der Waals surface area contributed by atoms with Crippen LogP contribution < -0.4 is 0 Å². The molecule has 1 unspecified atom stereocenters. The van der Waals surface area contributed by atoms with Gasteiger partial charge < -0.3 is 4.74 Å². The van der Waals surface area contributed by atoms with Crippen molar-refractivity contribution in [1.82, 2.24) is 4.90 Å². The molecular weight excluding hydrogens is 195 g/mol. The Hall–Kier alpha value is 0.300. The summed E-state index contributed by atoms with van der Waals surface area (Å²) in [7, 11) is 0.164. The molecular formula is C6H13N2O2PS. The number of nitroso groups, excluding NO2 is 1. The zero-order valence-corrected chi connectivity index (χ0v) is 8.68. The smallest absolute Gasteiger partial charge is 0.110 e. The Morgan fingerprint density at radius 3 is 2.92 bits per heavy atom. The standard InChI is InChI=1S/C6H13N2O2PS/c9-7-11-12-6-3-8-1-4-10-5-2-8/h11H,1-6H2. The molecule has 0 aromatic rings. The summed E-state index contributed by atoms with van der Waals surface area (Å²) in [5.74, 6) is 1.00. The van der Waals surface area contributed by atoms with E-state index in [0.29, 0.717) is 0 Å². The maximum atomic E-state index is 9.76. The number of ether oxygens (including phenoxy) is 1. The highest BCUT2D eigenvalue weighted by Gasteiger charge is 2.08. The van der Waals surface area contributed by atoms with E-state index in [9.17, 15) is 4.91 Å². The van der Waals surface area contributed by atoms with Crippen LogP contribution in [-0.4, -0.2) is 43.5 Å². The quantitative estimate of drug-likeness (QED) is 0.388. The van der Waals surface area contributed by atoms with Gasteiger partial charge in [-0.3, -0.25) is 4.90 Å². The van der Waals surface area contributed by atoms with E-state index in [4.69, 9.17) is 4.74 Å². The summed E-state index contributed by atoms with van der Waals surface area (Å²) in [5.41, 5.74) is 0. The van der Waals surface area contributed by atoms with E-state index in [1.165, 1.54) is 0 Å². The Morgan fingerprint density at radius 1 is 1.50 bits per heavy atom. The van der Waals surface area contributed by atoms with Crippen molar-refractivity contribution in [3.8, 4) is 0 Å². The minimum Gasteiger partial charge on any atom is -0.379 e. The molecule has 0 N–H and O–H groups in total. The molecule has 1 atom stereocenters. The lowest BCUT2D eigenvalue weighted by Gasteiger charge is -2.25. The molecule has 0 saturated carbocycles. The second-order valence-corrected chi connectivity index (χ2v) is 4.96. The normalized spacial score (nSPS) is 20.3. The first-order valence-electron chi connectivity index (χ1n) is 3.93. The van der Waals surface area contributed by atoms with E-state index in [1.807, 2.05) is 0 Å². The number of morpholine rings is 1. The average Bonchev–Trinajstić information content (AvgIpc) is 2.14. The van der Waals surface area contributed by atoms with Gasteiger partial charge in [-0.2, -0.15) is 0 Å². The monoisotopic (exact) mass is 208 g/mol. The van der Waals surface area contributed by atoms with Gasteiger partial charge in [0.2, 0.25) is 0 Å². The fourth-order valence-electron chi connectivity index (χ4n) is 1.07. The Labute approximate surface area is 78.0 Å². The van der Waals surface area contributed by atoms with Crippen LogP contribution in [0.1, 0.15) is 0 Å². The fraction of sp³-hybridized carbons (Fsp3) is 1.00. The van der Waals surface area contributed by atoms with Gasteiger partial charge in [-0.1, -0.05) is 0 Å². The summed E-state index contributed by atoms with van der Waals surface area (Å²) in [6, 6.07) is 0. The fourth-order valence-corrected chi connectivity index (χ4v) is 2.27. The van der Waals surface area contributed by atoms with Crippen molar-refractivity contribution in [2.75, 3.05) is 38.6 Å². The highest BCUT2D eigenvalue weighted by molar-refractivity contribution is 8.49. The van der Waals surface area contributed by atoms with Gasteiger partial charge in [-0.15, -0.1) is 16.3 Å². The molecule has 4 nitrogen and oxygen atoms in total. The Bertz CT molecular complexity index is 133. The lowest BCUT2D eigenvalue weighted by Crippen LogP contribution is -2.37. The Kier molecular flexibility index (Phi) is 5.86. The van der Waals surface area contributed by atoms with Crippen LogP contribution in [0.2, 0.25) is 0 Å². The van der Waals surface area contributed by atoms with E-state index < -0.39 is 0 Å². The van der Waals surface area contributed by atoms with E-state index in [0.717, 1.165) is 38.6 Å².